The average Bonchev–Trinajstić information content (AvgIpc) is 2.35. The Balaban J connectivity index is 2.67. The Bertz CT molecular complexity index is 328. The molecule has 0 saturated carbocycles. The zero-order valence-electron chi connectivity index (χ0n) is 10.3. The molecule has 0 aromatic heterocycles. The maximum absolute atomic E-state index is 5.63. The SMILES string of the molecule is CCC(C)SCc1ccc(CN)c(OC)c1. The molecular weight excluding hydrogens is 218 g/mol. The largest absolute Gasteiger partial charge is 0.496 e. The summed E-state index contributed by atoms with van der Waals surface area (Å²) in [5.41, 5.74) is 8.01. The van der Waals surface area contributed by atoms with Crippen LogP contribution in [0.1, 0.15) is 31.4 Å². The molecule has 3 heteroatoms. The lowest BCUT2D eigenvalue weighted by Gasteiger charge is -2.11. The van der Waals surface area contributed by atoms with E-state index in [1.165, 1.54) is 12.0 Å². The minimum atomic E-state index is 0.530. The Morgan fingerprint density at radius 3 is 2.75 bits per heavy atom. The highest BCUT2D eigenvalue weighted by molar-refractivity contribution is 7.99. The van der Waals surface area contributed by atoms with E-state index in [-0.39, 0.29) is 0 Å². The van der Waals surface area contributed by atoms with Gasteiger partial charge in [0.2, 0.25) is 0 Å². The van der Waals surface area contributed by atoms with Crippen molar-refractivity contribution in [2.75, 3.05) is 7.11 Å². The molecular formula is C13H21NOS. The van der Waals surface area contributed by atoms with Crippen molar-refractivity contribution in [1.82, 2.24) is 0 Å². The van der Waals surface area contributed by atoms with Gasteiger partial charge in [-0.2, -0.15) is 11.8 Å². The van der Waals surface area contributed by atoms with Crippen molar-refractivity contribution in [1.29, 1.82) is 0 Å². The minimum absolute atomic E-state index is 0.530. The Labute approximate surface area is 103 Å². The number of rotatable bonds is 6. The summed E-state index contributed by atoms with van der Waals surface area (Å²) in [5, 5.41) is 0.708. The van der Waals surface area contributed by atoms with Crippen LogP contribution in [-0.2, 0) is 12.3 Å². The molecule has 1 aromatic carbocycles. The summed E-state index contributed by atoms with van der Waals surface area (Å²) in [5.74, 6) is 1.95. The van der Waals surface area contributed by atoms with Crippen LogP contribution in [0.4, 0.5) is 0 Å². The van der Waals surface area contributed by atoms with Gasteiger partial charge in [-0.25, -0.2) is 0 Å². The number of nitrogens with two attached hydrogens (primary N) is 1. The number of hydrogen-bond acceptors (Lipinski definition) is 3. The normalized spacial score (nSPS) is 12.5. The smallest absolute Gasteiger partial charge is 0.123 e. The Kier molecular flexibility index (Phi) is 5.71. The fourth-order valence-corrected chi connectivity index (χ4v) is 2.30. The van der Waals surface area contributed by atoms with Crippen molar-refractivity contribution in [3.05, 3.63) is 29.3 Å². The molecule has 1 unspecified atom stereocenters. The van der Waals surface area contributed by atoms with Crippen molar-refractivity contribution < 1.29 is 4.74 Å². The van der Waals surface area contributed by atoms with Crippen molar-refractivity contribution in [3.63, 3.8) is 0 Å². The van der Waals surface area contributed by atoms with Crippen LogP contribution in [0.5, 0.6) is 5.75 Å². The molecule has 0 bridgehead atoms. The predicted molar refractivity (Wildman–Crippen MR) is 71.9 cm³/mol. The van der Waals surface area contributed by atoms with Crippen molar-refractivity contribution >= 4 is 11.8 Å². The second-order valence-corrected chi connectivity index (χ2v) is 5.31. The van der Waals surface area contributed by atoms with Gasteiger partial charge in [0.05, 0.1) is 7.11 Å². The predicted octanol–water partition coefficient (Wildman–Crippen LogP) is 3.19. The van der Waals surface area contributed by atoms with Gasteiger partial charge in [-0.05, 0) is 18.1 Å². The summed E-state index contributed by atoms with van der Waals surface area (Å²) in [6.07, 6.45) is 1.21. The van der Waals surface area contributed by atoms with Gasteiger partial charge in [-0.15, -0.1) is 0 Å². The van der Waals surface area contributed by atoms with Crippen LogP contribution in [0.15, 0.2) is 18.2 Å². The van der Waals surface area contributed by atoms with Crippen LogP contribution in [0, 0.1) is 0 Å². The standard InChI is InChI=1S/C13H21NOS/c1-4-10(2)16-9-11-5-6-12(8-14)13(7-11)15-3/h5-7,10H,4,8-9,14H2,1-3H3. The lowest BCUT2D eigenvalue weighted by Crippen LogP contribution is -2.01. The van der Waals surface area contributed by atoms with Crippen LogP contribution in [0.2, 0.25) is 0 Å². The van der Waals surface area contributed by atoms with Crippen LogP contribution in [-0.4, -0.2) is 12.4 Å². The zero-order chi connectivity index (χ0) is 12.0. The fourth-order valence-electron chi connectivity index (χ4n) is 1.40. The molecule has 0 spiro atoms. The van der Waals surface area contributed by atoms with Gasteiger partial charge in [0.1, 0.15) is 5.75 Å². The molecule has 90 valence electrons. The summed E-state index contributed by atoms with van der Waals surface area (Å²) in [6.45, 7) is 5.01. The molecule has 1 aromatic rings. The van der Waals surface area contributed by atoms with Crippen molar-refractivity contribution in [2.45, 2.75) is 37.8 Å². The maximum atomic E-state index is 5.63. The number of benzene rings is 1. The van der Waals surface area contributed by atoms with Crippen LogP contribution in [0.3, 0.4) is 0 Å². The number of hydrogen-bond donors (Lipinski definition) is 1. The topological polar surface area (TPSA) is 35.2 Å². The number of ether oxygens (including phenoxy) is 1. The zero-order valence-corrected chi connectivity index (χ0v) is 11.1. The second-order valence-electron chi connectivity index (χ2n) is 3.88. The quantitative estimate of drug-likeness (QED) is 0.828. The van der Waals surface area contributed by atoms with Crippen molar-refractivity contribution in [2.24, 2.45) is 5.73 Å². The first-order valence-electron chi connectivity index (χ1n) is 5.68. The third-order valence-corrected chi connectivity index (χ3v) is 4.08. The molecule has 1 rings (SSSR count). The first-order valence-corrected chi connectivity index (χ1v) is 6.73. The average molecular weight is 239 g/mol. The van der Waals surface area contributed by atoms with Crippen LogP contribution < -0.4 is 10.5 Å². The van der Waals surface area contributed by atoms with E-state index in [2.05, 4.69) is 32.0 Å². The van der Waals surface area contributed by atoms with Gasteiger partial charge in [-0.3, -0.25) is 0 Å². The summed E-state index contributed by atoms with van der Waals surface area (Å²) in [7, 11) is 1.69. The van der Waals surface area contributed by atoms with Gasteiger partial charge < -0.3 is 10.5 Å². The lowest BCUT2D eigenvalue weighted by molar-refractivity contribution is 0.409. The van der Waals surface area contributed by atoms with E-state index in [0.29, 0.717) is 11.8 Å². The molecule has 2 nitrogen and oxygen atoms in total. The van der Waals surface area contributed by atoms with E-state index >= 15 is 0 Å². The Hall–Kier alpha value is -0.670. The molecule has 2 N–H and O–H groups in total. The highest BCUT2D eigenvalue weighted by atomic mass is 32.2. The molecule has 0 heterocycles. The first kappa shape index (κ1) is 13.4. The molecule has 0 aliphatic carbocycles. The van der Waals surface area contributed by atoms with Gasteiger partial charge in [-0.1, -0.05) is 26.0 Å². The second kappa shape index (κ2) is 6.81. The number of thioether (sulfide) groups is 1. The first-order chi connectivity index (χ1) is 7.71. The Morgan fingerprint density at radius 2 is 2.19 bits per heavy atom. The summed E-state index contributed by atoms with van der Waals surface area (Å²) in [4.78, 5) is 0. The van der Waals surface area contributed by atoms with Crippen LogP contribution >= 0.6 is 11.8 Å². The Morgan fingerprint density at radius 1 is 1.44 bits per heavy atom. The molecule has 0 fully saturated rings. The third kappa shape index (κ3) is 3.72. The van der Waals surface area contributed by atoms with E-state index in [1.54, 1.807) is 7.11 Å². The molecule has 1 atom stereocenters. The summed E-state index contributed by atoms with van der Waals surface area (Å²) >= 11 is 1.98. The van der Waals surface area contributed by atoms with Crippen LogP contribution in [0.25, 0.3) is 0 Å². The maximum Gasteiger partial charge on any atom is 0.123 e. The number of methoxy groups -OCH3 is 1. The highest BCUT2D eigenvalue weighted by Gasteiger charge is 2.04. The molecule has 0 aliphatic heterocycles. The van der Waals surface area contributed by atoms with E-state index in [4.69, 9.17) is 10.5 Å². The van der Waals surface area contributed by atoms with Crippen molar-refractivity contribution in [3.8, 4) is 5.75 Å². The lowest BCUT2D eigenvalue weighted by atomic mass is 10.1. The van der Waals surface area contributed by atoms with Gasteiger partial charge in [0.15, 0.2) is 0 Å². The minimum Gasteiger partial charge on any atom is -0.496 e. The van der Waals surface area contributed by atoms with Gasteiger partial charge in [0, 0.05) is 23.1 Å². The third-order valence-electron chi connectivity index (χ3n) is 2.68. The van der Waals surface area contributed by atoms with E-state index < -0.39 is 0 Å². The molecule has 0 amide bonds. The van der Waals surface area contributed by atoms with Gasteiger partial charge in [0.25, 0.3) is 0 Å². The van der Waals surface area contributed by atoms with E-state index in [0.717, 1.165) is 17.1 Å². The molecule has 16 heavy (non-hydrogen) atoms. The van der Waals surface area contributed by atoms with E-state index in [1.807, 2.05) is 11.8 Å². The van der Waals surface area contributed by atoms with E-state index in [9.17, 15) is 0 Å². The van der Waals surface area contributed by atoms with Gasteiger partial charge >= 0.3 is 0 Å². The fraction of sp³-hybridized carbons (Fsp3) is 0.538. The monoisotopic (exact) mass is 239 g/mol. The molecule has 0 saturated heterocycles. The highest BCUT2D eigenvalue weighted by Crippen LogP contribution is 2.25. The summed E-state index contributed by atoms with van der Waals surface area (Å²) in [6, 6.07) is 6.29. The molecule has 0 aliphatic rings. The summed E-state index contributed by atoms with van der Waals surface area (Å²) < 4.78 is 5.32. The molecule has 0 radical (unpaired) electrons.